The van der Waals surface area contributed by atoms with E-state index in [1.807, 2.05) is 7.05 Å². The van der Waals surface area contributed by atoms with Gasteiger partial charge in [-0.1, -0.05) is 6.42 Å². The number of fused-ring (bicyclic) bond motifs is 1. The number of carboxylic acid groups (broad SMARTS) is 1. The van der Waals surface area contributed by atoms with Crippen LogP contribution in [-0.2, 0) is 15.7 Å². The van der Waals surface area contributed by atoms with E-state index in [4.69, 9.17) is 19.4 Å². The zero-order valence-corrected chi connectivity index (χ0v) is 31.4. The molecule has 1 saturated carbocycles. The number of imidazole rings is 1. The number of hydrogen-bond acceptors (Lipinski definition) is 12. The van der Waals surface area contributed by atoms with Crippen molar-refractivity contribution in [2.75, 3.05) is 62.6 Å². The van der Waals surface area contributed by atoms with Crippen LogP contribution in [0.3, 0.4) is 0 Å². The summed E-state index contributed by atoms with van der Waals surface area (Å²) in [7, 11) is 3.64. The van der Waals surface area contributed by atoms with Gasteiger partial charge in [-0.15, -0.1) is 0 Å². The number of rotatable bonds is 13. The van der Waals surface area contributed by atoms with Gasteiger partial charge in [0.15, 0.2) is 11.5 Å². The number of aromatic amines is 1. The van der Waals surface area contributed by atoms with Gasteiger partial charge in [0.25, 0.3) is 0 Å². The number of alkyl halides is 3. The molecule has 2 fully saturated rings. The largest absolute Gasteiger partial charge is 1.00 e. The van der Waals surface area contributed by atoms with Crippen molar-refractivity contribution < 1.29 is 62.1 Å². The van der Waals surface area contributed by atoms with Crippen molar-refractivity contribution in [3.8, 4) is 28.7 Å². The number of carboxylic acids is 1. The summed E-state index contributed by atoms with van der Waals surface area (Å²) in [5.41, 5.74) is 1.51. The Balaban J connectivity index is 0.00000486. The number of thioether (sulfide) groups is 1. The Kier molecular flexibility index (Phi) is 12.2. The minimum atomic E-state index is -4.68. The Hall–Kier alpha value is -3.18. The summed E-state index contributed by atoms with van der Waals surface area (Å²) in [5, 5.41) is 11.1. The van der Waals surface area contributed by atoms with Crippen molar-refractivity contribution in [2.45, 2.75) is 50.5 Å². The number of hydrogen-bond donors (Lipinski definition) is 1. The first-order valence-electron chi connectivity index (χ1n) is 16.2. The molecule has 6 rings (SSSR count). The van der Waals surface area contributed by atoms with Crippen molar-refractivity contribution in [1.82, 2.24) is 29.9 Å². The normalized spacial score (nSPS) is 16.2. The predicted octanol–water partition coefficient (Wildman–Crippen LogP) is 1.60. The van der Waals surface area contributed by atoms with E-state index in [9.17, 15) is 23.1 Å². The summed E-state index contributed by atoms with van der Waals surface area (Å²) in [4.78, 5) is 40.7. The van der Waals surface area contributed by atoms with Gasteiger partial charge in [-0.25, -0.2) is 24.9 Å². The quantitative estimate of drug-likeness (QED) is 0.200. The standard InChI is InChI=1S/C33H39F3N8O4S.Na/c1-4-48-27-13-20(12-25(40-27)33(34,35)36)22-14-24(43(2)18-32(19-47-3)8-5-9-32)29-31(39-22)42-30(41-29)23-15-38-26(16-37-23)44-10-6-21(7-11-44)49-17-28(45)46;/h12-16,21H,4-11,17-19H2,1-3H3,(H,45,46)(H,39,41,42);/q;+1/p-1. The van der Waals surface area contributed by atoms with Crippen LogP contribution in [0, 0.1) is 5.41 Å². The van der Waals surface area contributed by atoms with Gasteiger partial charge in [0.1, 0.15) is 22.7 Å². The number of ether oxygens (including phenoxy) is 2. The Labute approximate surface area is 314 Å². The molecule has 0 radical (unpaired) electrons. The predicted molar refractivity (Wildman–Crippen MR) is 178 cm³/mol. The first-order valence-corrected chi connectivity index (χ1v) is 17.2. The van der Waals surface area contributed by atoms with Gasteiger partial charge in [-0.05, 0) is 44.7 Å². The maximum absolute atomic E-state index is 13.9. The molecule has 0 unspecified atom stereocenters. The molecule has 17 heteroatoms. The molecule has 0 atom stereocenters. The molecule has 1 N–H and O–H groups in total. The zero-order chi connectivity index (χ0) is 34.8. The molecule has 12 nitrogen and oxygen atoms in total. The Morgan fingerprint density at radius 2 is 1.88 bits per heavy atom. The van der Waals surface area contributed by atoms with Crippen molar-refractivity contribution in [3.63, 3.8) is 0 Å². The summed E-state index contributed by atoms with van der Waals surface area (Å²) >= 11 is 1.41. The van der Waals surface area contributed by atoms with E-state index < -0.39 is 17.8 Å². The Morgan fingerprint density at radius 1 is 1.12 bits per heavy atom. The molecule has 4 aromatic heterocycles. The molecule has 0 bridgehead atoms. The van der Waals surface area contributed by atoms with Crippen LogP contribution in [0.2, 0.25) is 0 Å². The van der Waals surface area contributed by atoms with Crippen LogP contribution in [0.25, 0.3) is 33.9 Å². The number of halogens is 3. The molecule has 1 saturated heterocycles. The molecule has 2 aliphatic rings. The summed E-state index contributed by atoms with van der Waals surface area (Å²) in [6.07, 6.45) is 3.41. The van der Waals surface area contributed by atoms with Crippen LogP contribution in [0.15, 0.2) is 30.6 Å². The zero-order valence-electron chi connectivity index (χ0n) is 28.5. The number of nitrogens with one attached hydrogen (secondary N) is 1. The maximum atomic E-state index is 13.9. The van der Waals surface area contributed by atoms with Gasteiger partial charge in [0, 0.05) is 61.8 Å². The molecule has 262 valence electrons. The smallest absolute Gasteiger partial charge is 0.549 e. The fraction of sp³-hybridized carbons (Fsp3) is 0.515. The number of H-pyrrole nitrogens is 1. The van der Waals surface area contributed by atoms with Crippen LogP contribution >= 0.6 is 11.8 Å². The van der Waals surface area contributed by atoms with Gasteiger partial charge >= 0.3 is 35.7 Å². The van der Waals surface area contributed by atoms with Gasteiger partial charge in [-0.3, -0.25) is 0 Å². The van der Waals surface area contributed by atoms with E-state index in [1.165, 1.54) is 17.8 Å². The molecular formula is C33H38F3N8NaO4S. The van der Waals surface area contributed by atoms with E-state index in [1.54, 1.807) is 32.5 Å². The molecule has 4 aromatic rings. The summed E-state index contributed by atoms with van der Waals surface area (Å²) in [6.45, 7) is 4.56. The van der Waals surface area contributed by atoms with Gasteiger partial charge < -0.3 is 34.2 Å². The minimum Gasteiger partial charge on any atom is -0.549 e. The molecule has 5 heterocycles. The van der Waals surface area contributed by atoms with Crippen molar-refractivity contribution in [3.05, 3.63) is 36.3 Å². The second kappa shape index (κ2) is 16.0. The third-order valence-corrected chi connectivity index (χ3v) is 10.4. The van der Waals surface area contributed by atoms with Crippen LogP contribution in [-0.4, -0.2) is 93.9 Å². The topological polar surface area (TPSA) is 145 Å². The second-order valence-electron chi connectivity index (χ2n) is 12.6. The van der Waals surface area contributed by atoms with Gasteiger partial charge in [0.05, 0.1) is 43.0 Å². The number of pyridine rings is 2. The fourth-order valence-corrected chi connectivity index (χ4v) is 7.44. The SMILES string of the molecule is CCOc1cc(-c2cc(N(C)CC3(COC)CCC3)c3[nH]c(-c4cnc(N5CCC(SCC(=O)[O-])CC5)cn4)nc3n2)cc(C(F)(F)F)n1.[Na+]. The molecule has 0 amide bonds. The molecule has 0 aromatic carbocycles. The van der Waals surface area contributed by atoms with E-state index in [2.05, 4.69) is 29.7 Å². The fourth-order valence-electron chi connectivity index (χ4n) is 6.53. The Bertz CT molecular complexity index is 1780. The van der Waals surface area contributed by atoms with Crippen molar-refractivity contribution in [2.24, 2.45) is 5.41 Å². The summed E-state index contributed by atoms with van der Waals surface area (Å²) in [5.74, 6) is -0.0831. The van der Waals surface area contributed by atoms with Crippen molar-refractivity contribution in [1.29, 1.82) is 0 Å². The number of aromatic nitrogens is 6. The third kappa shape index (κ3) is 8.64. The van der Waals surface area contributed by atoms with Crippen molar-refractivity contribution >= 4 is 40.4 Å². The second-order valence-corrected chi connectivity index (χ2v) is 13.9. The monoisotopic (exact) mass is 722 g/mol. The number of methoxy groups -OCH3 is 1. The van der Waals surface area contributed by atoms with E-state index in [0.29, 0.717) is 53.0 Å². The van der Waals surface area contributed by atoms with Gasteiger partial charge in [0.2, 0.25) is 5.88 Å². The molecule has 1 aliphatic carbocycles. The van der Waals surface area contributed by atoms with E-state index in [0.717, 1.165) is 51.3 Å². The average Bonchev–Trinajstić information content (AvgIpc) is 3.50. The van der Waals surface area contributed by atoms with Crippen LogP contribution in [0.5, 0.6) is 5.88 Å². The molecule has 50 heavy (non-hydrogen) atoms. The number of carbonyl (C=O) groups excluding carboxylic acids is 1. The number of aliphatic carboxylic acids is 1. The van der Waals surface area contributed by atoms with E-state index in [-0.39, 0.29) is 64.0 Å². The first-order chi connectivity index (χ1) is 23.5. The number of anilines is 2. The summed E-state index contributed by atoms with van der Waals surface area (Å²) in [6, 6.07) is 4.19. The van der Waals surface area contributed by atoms with Crippen LogP contribution in [0.4, 0.5) is 24.7 Å². The molecule has 0 spiro atoms. The average molecular weight is 723 g/mol. The van der Waals surface area contributed by atoms with E-state index >= 15 is 0 Å². The third-order valence-electron chi connectivity index (χ3n) is 9.05. The number of carbonyl (C=O) groups is 1. The van der Waals surface area contributed by atoms with Gasteiger partial charge in [-0.2, -0.15) is 24.9 Å². The molecular weight excluding hydrogens is 684 g/mol. The first kappa shape index (κ1) is 38.1. The Morgan fingerprint density at radius 3 is 2.48 bits per heavy atom. The van der Waals surface area contributed by atoms with Crippen LogP contribution < -0.4 is 49.2 Å². The molecule has 1 aliphatic heterocycles. The maximum Gasteiger partial charge on any atom is 1.00 e. The van der Waals surface area contributed by atoms with Crippen LogP contribution in [0.1, 0.15) is 44.7 Å². The summed E-state index contributed by atoms with van der Waals surface area (Å²) < 4.78 is 52.6. The number of piperidine rings is 1. The number of nitrogens with zero attached hydrogens (tertiary/aromatic N) is 7. The minimum absolute atomic E-state index is 0.